The predicted octanol–water partition coefficient (Wildman–Crippen LogP) is 5.62. The van der Waals surface area contributed by atoms with E-state index in [0.29, 0.717) is 32.9 Å². The quantitative estimate of drug-likeness (QED) is 0.368. The van der Waals surface area contributed by atoms with Crippen LogP contribution in [0.15, 0.2) is 88.3 Å². The summed E-state index contributed by atoms with van der Waals surface area (Å²) >= 11 is 6.08. The number of esters is 1. The minimum absolute atomic E-state index is 0.0566. The normalized spacial score (nSPS) is 11.8. The summed E-state index contributed by atoms with van der Waals surface area (Å²) in [6, 6.07) is 21.3. The molecule has 4 aromatic rings. The van der Waals surface area contributed by atoms with Gasteiger partial charge in [-0.3, -0.25) is 4.79 Å². The highest BCUT2D eigenvalue weighted by Gasteiger charge is 2.18. The Labute approximate surface area is 183 Å². The second-order valence-corrected chi connectivity index (χ2v) is 7.37. The van der Waals surface area contributed by atoms with Gasteiger partial charge in [-0.2, -0.15) is 0 Å². The molecule has 31 heavy (non-hydrogen) atoms. The maximum absolute atomic E-state index is 12.8. The summed E-state index contributed by atoms with van der Waals surface area (Å²) < 4.78 is 16.6. The molecule has 1 atom stereocenters. The van der Waals surface area contributed by atoms with Gasteiger partial charge in [0.05, 0.1) is 10.9 Å². The van der Waals surface area contributed by atoms with Crippen molar-refractivity contribution in [3.63, 3.8) is 0 Å². The molecule has 0 aliphatic rings. The van der Waals surface area contributed by atoms with E-state index in [1.807, 2.05) is 36.4 Å². The number of carbonyl (C=O) groups is 1. The second kappa shape index (κ2) is 9.06. The standard InChI is InChI=1S/C25H19ClO5/c1-16(25(28)30-14-18-9-5-6-10-22(18)26)31-19-11-12-20-23(13-19)29-15-21(24(20)27)17-7-3-2-4-8-17/h2-13,15-16H,14H2,1H3. The van der Waals surface area contributed by atoms with E-state index >= 15 is 0 Å². The van der Waals surface area contributed by atoms with E-state index in [1.54, 1.807) is 43.3 Å². The smallest absolute Gasteiger partial charge is 0.347 e. The van der Waals surface area contributed by atoms with Crippen molar-refractivity contribution in [2.24, 2.45) is 0 Å². The minimum atomic E-state index is -0.852. The van der Waals surface area contributed by atoms with Gasteiger partial charge in [-0.15, -0.1) is 0 Å². The van der Waals surface area contributed by atoms with Crippen molar-refractivity contribution < 1.29 is 18.7 Å². The maximum Gasteiger partial charge on any atom is 0.347 e. The van der Waals surface area contributed by atoms with Crippen LogP contribution in [0.25, 0.3) is 22.1 Å². The molecule has 4 rings (SSSR count). The van der Waals surface area contributed by atoms with E-state index in [0.717, 1.165) is 5.56 Å². The van der Waals surface area contributed by atoms with Crippen LogP contribution < -0.4 is 10.2 Å². The number of ether oxygens (including phenoxy) is 2. The SMILES string of the molecule is CC(Oc1ccc2c(=O)c(-c3ccccc3)coc2c1)C(=O)OCc1ccccc1Cl. The summed E-state index contributed by atoms with van der Waals surface area (Å²) in [5, 5.41) is 0.964. The number of hydrogen-bond acceptors (Lipinski definition) is 5. The van der Waals surface area contributed by atoms with Gasteiger partial charge in [-0.05, 0) is 30.7 Å². The van der Waals surface area contributed by atoms with Crippen molar-refractivity contribution in [1.82, 2.24) is 0 Å². The van der Waals surface area contributed by atoms with E-state index in [1.165, 1.54) is 6.26 Å². The van der Waals surface area contributed by atoms with Gasteiger partial charge in [0.1, 0.15) is 24.2 Å². The lowest BCUT2D eigenvalue weighted by molar-refractivity contribution is -0.152. The molecule has 0 aliphatic heterocycles. The molecule has 0 N–H and O–H groups in total. The molecule has 1 unspecified atom stereocenters. The van der Waals surface area contributed by atoms with Gasteiger partial charge in [-0.25, -0.2) is 4.79 Å². The highest BCUT2D eigenvalue weighted by Crippen LogP contribution is 2.24. The van der Waals surface area contributed by atoms with Gasteiger partial charge in [0.25, 0.3) is 0 Å². The van der Waals surface area contributed by atoms with Gasteiger partial charge >= 0.3 is 5.97 Å². The Hall–Kier alpha value is -3.57. The van der Waals surface area contributed by atoms with Crippen molar-refractivity contribution in [2.45, 2.75) is 19.6 Å². The second-order valence-electron chi connectivity index (χ2n) is 6.96. The third-order valence-electron chi connectivity index (χ3n) is 4.80. The van der Waals surface area contributed by atoms with E-state index in [4.69, 9.17) is 25.5 Å². The summed E-state index contributed by atoms with van der Waals surface area (Å²) in [4.78, 5) is 25.1. The van der Waals surface area contributed by atoms with Gasteiger partial charge in [0.2, 0.25) is 0 Å². The third kappa shape index (κ3) is 4.62. The highest BCUT2D eigenvalue weighted by molar-refractivity contribution is 6.31. The Morgan fingerprint density at radius 1 is 1.03 bits per heavy atom. The first-order valence-electron chi connectivity index (χ1n) is 9.70. The molecule has 0 aliphatic carbocycles. The third-order valence-corrected chi connectivity index (χ3v) is 5.17. The maximum atomic E-state index is 12.8. The van der Waals surface area contributed by atoms with Crippen LogP contribution >= 0.6 is 11.6 Å². The van der Waals surface area contributed by atoms with Crippen molar-refractivity contribution in [3.8, 4) is 16.9 Å². The molecule has 0 spiro atoms. The molecule has 0 bridgehead atoms. The molecule has 5 nitrogen and oxygen atoms in total. The van der Waals surface area contributed by atoms with Crippen molar-refractivity contribution >= 4 is 28.5 Å². The first-order chi connectivity index (χ1) is 15.0. The Bertz CT molecular complexity index is 1280. The number of rotatable bonds is 6. The zero-order chi connectivity index (χ0) is 21.8. The molecule has 0 radical (unpaired) electrons. The summed E-state index contributed by atoms with van der Waals surface area (Å²) in [6.07, 6.45) is 0.584. The molecule has 0 fully saturated rings. The van der Waals surface area contributed by atoms with Crippen LogP contribution in [0.1, 0.15) is 12.5 Å². The van der Waals surface area contributed by atoms with E-state index < -0.39 is 12.1 Å². The van der Waals surface area contributed by atoms with Crippen LogP contribution in [0.4, 0.5) is 0 Å². The summed E-state index contributed by atoms with van der Waals surface area (Å²) in [6.45, 7) is 1.65. The topological polar surface area (TPSA) is 65.7 Å². The number of halogens is 1. The largest absolute Gasteiger partial charge is 0.479 e. The van der Waals surface area contributed by atoms with E-state index in [2.05, 4.69) is 0 Å². The molecular weight excluding hydrogens is 416 g/mol. The minimum Gasteiger partial charge on any atom is -0.479 e. The molecule has 1 aromatic heterocycles. The van der Waals surface area contributed by atoms with Crippen LogP contribution in [0.2, 0.25) is 5.02 Å². The average molecular weight is 435 g/mol. The fourth-order valence-electron chi connectivity index (χ4n) is 3.13. The summed E-state index contributed by atoms with van der Waals surface area (Å²) in [7, 11) is 0. The molecule has 1 heterocycles. The lowest BCUT2D eigenvalue weighted by atomic mass is 10.1. The van der Waals surface area contributed by atoms with Crippen molar-refractivity contribution in [2.75, 3.05) is 0 Å². The lowest BCUT2D eigenvalue weighted by Crippen LogP contribution is -2.26. The van der Waals surface area contributed by atoms with Crippen molar-refractivity contribution in [1.29, 1.82) is 0 Å². The fraction of sp³-hybridized carbons (Fsp3) is 0.120. The highest BCUT2D eigenvalue weighted by atomic mass is 35.5. The fourth-order valence-corrected chi connectivity index (χ4v) is 3.32. The number of benzene rings is 3. The molecular formula is C25H19ClO5. The Kier molecular flexibility index (Phi) is 6.05. The lowest BCUT2D eigenvalue weighted by Gasteiger charge is -2.14. The molecule has 0 amide bonds. The van der Waals surface area contributed by atoms with Crippen LogP contribution in [0.5, 0.6) is 5.75 Å². The number of hydrogen-bond donors (Lipinski definition) is 0. The van der Waals surface area contributed by atoms with Crippen LogP contribution in [-0.2, 0) is 16.1 Å². The van der Waals surface area contributed by atoms with E-state index in [9.17, 15) is 9.59 Å². The molecule has 6 heteroatoms. The zero-order valence-electron chi connectivity index (χ0n) is 16.7. The Morgan fingerprint density at radius 3 is 2.55 bits per heavy atom. The predicted molar refractivity (Wildman–Crippen MR) is 119 cm³/mol. The van der Waals surface area contributed by atoms with Crippen LogP contribution in [-0.4, -0.2) is 12.1 Å². The van der Waals surface area contributed by atoms with Gasteiger partial charge < -0.3 is 13.9 Å². The molecule has 0 saturated carbocycles. The summed E-state index contributed by atoms with van der Waals surface area (Å²) in [5.74, 6) is -0.133. The molecule has 0 saturated heterocycles. The first kappa shape index (κ1) is 20.7. The van der Waals surface area contributed by atoms with E-state index in [-0.39, 0.29) is 12.0 Å². The molecule has 156 valence electrons. The van der Waals surface area contributed by atoms with Crippen LogP contribution in [0.3, 0.4) is 0 Å². The number of fused-ring (bicyclic) bond motifs is 1. The van der Waals surface area contributed by atoms with Crippen molar-refractivity contribution in [3.05, 3.63) is 99.9 Å². The first-order valence-corrected chi connectivity index (χ1v) is 10.1. The van der Waals surface area contributed by atoms with Gasteiger partial charge in [0, 0.05) is 16.7 Å². The Balaban J connectivity index is 1.48. The average Bonchev–Trinajstić information content (AvgIpc) is 2.79. The monoisotopic (exact) mass is 434 g/mol. The number of carbonyl (C=O) groups excluding carboxylic acids is 1. The zero-order valence-corrected chi connectivity index (χ0v) is 17.5. The van der Waals surface area contributed by atoms with Crippen LogP contribution in [0, 0.1) is 0 Å². The van der Waals surface area contributed by atoms with Gasteiger partial charge in [0.15, 0.2) is 11.5 Å². The molecule has 3 aromatic carbocycles. The van der Waals surface area contributed by atoms with Gasteiger partial charge in [-0.1, -0.05) is 60.1 Å². The summed E-state index contributed by atoms with van der Waals surface area (Å²) in [5.41, 5.74) is 2.23. The Morgan fingerprint density at radius 2 is 1.77 bits per heavy atom.